The molecule has 0 bridgehead atoms. The summed E-state index contributed by atoms with van der Waals surface area (Å²) in [4.78, 5) is 12.0. The Hall–Kier alpha value is -0.580. The lowest BCUT2D eigenvalue weighted by molar-refractivity contribution is 0.0895. The molecule has 0 heterocycles. The molecule has 16 heavy (non-hydrogen) atoms. The molecule has 1 amide bonds. The Kier molecular flexibility index (Phi) is 3.52. The van der Waals surface area contributed by atoms with Gasteiger partial charge < -0.3 is 5.32 Å². The van der Waals surface area contributed by atoms with Crippen molar-refractivity contribution >= 4 is 28.5 Å². The molecule has 0 aliphatic heterocycles. The summed E-state index contributed by atoms with van der Waals surface area (Å²) in [6.45, 7) is 4.25. The van der Waals surface area contributed by atoms with Crippen LogP contribution in [-0.4, -0.2) is 11.9 Å². The van der Waals surface area contributed by atoms with Crippen LogP contribution in [0.5, 0.6) is 0 Å². The number of hydrogen-bond acceptors (Lipinski definition) is 1. The molecule has 1 aliphatic carbocycles. The van der Waals surface area contributed by atoms with Crippen LogP contribution in [0.4, 0.5) is 0 Å². The third-order valence-electron chi connectivity index (χ3n) is 3.15. The largest absolute Gasteiger partial charge is 0.349 e. The summed E-state index contributed by atoms with van der Waals surface area (Å²) >= 11 is 2.24. The molecule has 0 saturated heterocycles. The van der Waals surface area contributed by atoms with Gasteiger partial charge in [-0.3, -0.25) is 4.79 Å². The lowest BCUT2D eigenvalue weighted by Gasteiger charge is -2.33. The molecular formula is C13H16INO. The van der Waals surface area contributed by atoms with Crippen LogP contribution >= 0.6 is 22.6 Å². The van der Waals surface area contributed by atoms with Crippen LogP contribution in [0.1, 0.15) is 35.7 Å². The number of halogens is 1. The molecule has 1 saturated carbocycles. The van der Waals surface area contributed by atoms with Crippen molar-refractivity contribution in [3.63, 3.8) is 0 Å². The monoisotopic (exact) mass is 329 g/mol. The quantitative estimate of drug-likeness (QED) is 0.830. The summed E-state index contributed by atoms with van der Waals surface area (Å²) in [5.41, 5.74) is 1.97. The van der Waals surface area contributed by atoms with Gasteiger partial charge in [0.1, 0.15) is 0 Å². The first-order chi connectivity index (χ1) is 7.58. The standard InChI is InChI=1S/C13H16INO/c1-8-6-10(7-8)15-13(16)11-5-3-4-9(2)12(11)14/h3-5,8,10H,6-7H2,1-2H3,(H,15,16). The maximum Gasteiger partial charge on any atom is 0.252 e. The minimum absolute atomic E-state index is 0.0741. The van der Waals surface area contributed by atoms with Gasteiger partial charge in [0.25, 0.3) is 5.91 Å². The second-order valence-corrected chi connectivity index (χ2v) is 5.76. The van der Waals surface area contributed by atoms with Gasteiger partial charge in [0.05, 0.1) is 5.56 Å². The maximum atomic E-state index is 12.0. The summed E-state index contributed by atoms with van der Waals surface area (Å²) in [6, 6.07) is 6.25. The van der Waals surface area contributed by atoms with Gasteiger partial charge in [-0.1, -0.05) is 19.1 Å². The van der Waals surface area contributed by atoms with E-state index >= 15 is 0 Å². The SMILES string of the molecule is Cc1cccc(C(=O)NC2CC(C)C2)c1I. The van der Waals surface area contributed by atoms with Crippen LogP contribution in [0.2, 0.25) is 0 Å². The maximum absolute atomic E-state index is 12.0. The van der Waals surface area contributed by atoms with E-state index in [1.807, 2.05) is 25.1 Å². The summed E-state index contributed by atoms with van der Waals surface area (Å²) in [7, 11) is 0. The highest BCUT2D eigenvalue weighted by molar-refractivity contribution is 14.1. The Morgan fingerprint density at radius 3 is 2.75 bits per heavy atom. The number of amides is 1. The fourth-order valence-electron chi connectivity index (χ4n) is 2.11. The van der Waals surface area contributed by atoms with Crippen molar-refractivity contribution in [2.45, 2.75) is 32.7 Å². The highest BCUT2D eigenvalue weighted by Gasteiger charge is 2.27. The first kappa shape index (κ1) is 11.9. The zero-order chi connectivity index (χ0) is 11.7. The van der Waals surface area contributed by atoms with E-state index in [2.05, 4.69) is 34.8 Å². The van der Waals surface area contributed by atoms with Gasteiger partial charge in [-0.15, -0.1) is 0 Å². The molecule has 2 nitrogen and oxygen atoms in total. The van der Waals surface area contributed by atoms with E-state index in [-0.39, 0.29) is 5.91 Å². The lowest BCUT2D eigenvalue weighted by Crippen LogP contribution is -2.43. The molecule has 0 atom stereocenters. The first-order valence-electron chi connectivity index (χ1n) is 5.64. The molecule has 86 valence electrons. The third kappa shape index (κ3) is 2.39. The van der Waals surface area contributed by atoms with Crippen molar-refractivity contribution in [3.8, 4) is 0 Å². The average Bonchev–Trinajstić information content (AvgIpc) is 2.19. The van der Waals surface area contributed by atoms with Gasteiger partial charge in [-0.25, -0.2) is 0 Å². The molecule has 1 aromatic carbocycles. The number of benzene rings is 1. The predicted octanol–water partition coefficient (Wildman–Crippen LogP) is 3.13. The van der Waals surface area contributed by atoms with Gasteiger partial charge in [-0.2, -0.15) is 0 Å². The van der Waals surface area contributed by atoms with E-state index in [1.54, 1.807) is 0 Å². The van der Waals surface area contributed by atoms with Gasteiger partial charge in [-0.05, 0) is 59.9 Å². The Morgan fingerprint density at radius 1 is 1.44 bits per heavy atom. The molecule has 3 heteroatoms. The molecule has 0 aromatic heterocycles. The van der Waals surface area contributed by atoms with Crippen molar-refractivity contribution < 1.29 is 4.79 Å². The minimum atomic E-state index is 0.0741. The second kappa shape index (κ2) is 4.73. The molecule has 1 aliphatic rings. The Balaban J connectivity index is 2.06. The Morgan fingerprint density at radius 2 is 2.12 bits per heavy atom. The first-order valence-corrected chi connectivity index (χ1v) is 6.71. The molecule has 2 rings (SSSR count). The van der Waals surface area contributed by atoms with Crippen LogP contribution in [0, 0.1) is 16.4 Å². The average molecular weight is 329 g/mol. The van der Waals surface area contributed by atoms with E-state index in [0.717, 1.165) is 33.5 Å². The number of nitrogens with one attached hydrogen (secondary N) is 1. The zero-order valence-electron chi connectivity index (χ0n) is 9.59. The van der Waals surface area contributed by atoms with Gasteiger partial charge in [0.15, 0.2) is 0 Å². The van der Waals surface area contributed by atoms with E-state index < -0.39 is 0 Å². The zero-order valence-corrected chi connectivity index (χ0v) is 11.7. The highest BCUT2D eigenvalue weighted by atomic mass is 127. The lowest BCUT2D eigenvalue weighted by atomic mass is 9.82. The number of carbonyl (C=O) groups is 1. The minimum Gasteiger partial charge on any atom is -0.349 e. The van der Waals surface area contributed by atoms with Gasteiger partial charge in [0.2, 0.25) is 0 Å². The fraction of sp³-hybridized carbons (Fsp3) is 0.462. The van der Waals surface area contributed by atoms with E-state index in [4.69, 9.17) is 0 Å². The number of hydrogen-bond donors (Lipinski definition) is 1. The van der Waals surface area contributed by atoms with Gasteiger partial charge in [0, 0.05) is 9.61 Å². The second-order valence-electron chi connectivity index (χ2n) is 4.68. The van der Waals surface area contributed by atoms with Crippen LogP contribution < -0.4 is 5.32 Å². The summed E-state index contributed by atoms with van der Waals surface area (Å²) in [6.07, 6.45) is 2.24. The van der Waals surface area contributed by atoms with Crippen LogP contribution in [0.15, 0.2) is 18.2 Å². The van der Waals surface area contributed by atoms with Crippen LogP contribution in [-0.2, 0) is 0 Å². The van der Waals surface area contributed by atoms with Crippen molar-refractivity contribution in [2.24, 2.45) is 5.92 Å². The van der Waals surface area contributed by atoms with Crippen LogP contribution in [0.3, 0.4) is 0 Å². The smallest absolute Gasteiger partial charge is 0.252 e. The van der Waals surface area contributed by atoms with E-state index in [1.165, 1.54) is 0 Å². The molecule has 1 N–H and O–H groups in total. The fourth-order valence-corrected chi connectivity index (χ4v) is 2.71. The molecule has 1 aromatic rings. The summed E-state index contributed by atoms with van der Waals surface area (Å²) < 4.78 is 1.06. The van der Waals surface area contributed by atoms with Crippen molar-refractivity contribution in [1.82, 2.24) is 5.32 Å². The normalized spacial score (nSPS) is 23.7. The summed E-state index contributed by atoms with van der Waals surface area (Å²) in [5.74, 6) is 0.840. The van der Waals surface area contributed by atoms with E-state index in [9.17, 15) is 4.79 Å². The Labute approximate surface area is 110 Å². The predicted molar refractivity (Wildman–Crippen MR) is 73.5 cm³/mol. The number of rotatable bonds is 2. The topological polar surface area (TPSA) is 29.1 Å². The van der Waals surface area contributed by atoms with Crippen molar-refractivity contribution in [1.29, 1.82) is 0 Å². The molecular weight excluding hydrogens is 313 g/mol. The van der Waals surface area contributed by atoms with Crippen molar-refractivity contribution in [3.05, 3.63) is 32.9 Å². The van der Waals surface area contributed by atoms with Crippen molar-refractivity contribution in [2.75, 3.05) is 0 Å². The molecule has 0 unspecified atom stereocenters. The summed E-state index contributed by atoms with van der Waals surface area (Å²) in [5, 5.41) is 3.09. The molecule has 0 spiro atoms. The van der Waals surface area contributed by atoms with E-state index in [0.29, 0.717) is 6.04 Å². The number of carbonyl (C=O) groups excluding carboxylic acids is 1. The highest BCUT2D eigenvalue weighted by Crippen LogP contribution is 2.27. The third-order valence-corrected chi connectivity index (χ3v) is 4.58. The van der Waals surface area contributed by atoms with Crippen LogP contribution in [0.25, 0.3) is 0 Å². The molecule has 1 fully saturated rings. The van der Waals surface area contributed by atoms with Gasteiger partial charge >= 0.3 is 0 Å². The number of aryl methyl sites for hydroxylation is 1. The Bertz CT molecular complexity index is 410. The molecule has 0 radical (unpaired) electrons.